The molecule has 3 fully saturated rings. The third-order valence-electron chi connectivity index (χ3n) is 3.82. The van der Waals surface area contributed by atoms with Crippen molar-refractivity contribution in [3.05, 3.63) is 0 Å². The molecule has 0 aromatic rings. The van der Waals surface area contributed by atoms with E-state index in [2.05, 4.69) is 5.32 Å². The van der Waals surface area contributed by atoms with Crippen molar-refractivity contribution in [3.8, 4) is 0 Å². The minimum Gasteiger partial charge on any atom is -0.316 e. The van der Waals surface area contributed by atoms with Crippen LogP contribution in [0.25, 0.3) is 0 Å². The largest absolute Gasteiger partial charge is 0.316 e. The van der Waals surface area contributed by atoms with Crippen molar-refractivity contribution >= 4 is 11.8 Å². The maximum Gasteiger partial charge on any atom is 0.229 e. The molecule has 2 heterocycles. The van der Waals surface area contributed by atoms with E-state index >= 15 is 0 Å². The van der Waals surface area contributed by atoms with E-state index in [0.29, 0.717) is 25.3 Å². The number of nitrogens with zero attached hydrogens (tertiary/aromatic N) is 1. The van der Waals surface area contributed by atoms with E-state index in [-0.39, 0.29) is 11.8 Å². The van der Waals surface area contributed by atoms with Crippen LogP contribution in [0.1, 0.15) is 12.8 Å². The molecule has 2 unspecified atom stereocenters. The van der Waals surface area contributed by atoms with E-state index in [1.807, 2.05) is 0 Å². The van der Waals surface area contributed by atoms with Crippen molar-refractivity contribution < 1.29 is 9.59 Å². The van der Waals surface area contributed by atoms with E-state index in [9.17, 15) is 9.59 Å². The van der Waals surface area contributed by atoms with Gasteiger partial charge in [-0.3, -0.25) is 14.5 Å². The van der Waals surface area contributed by atoms with E-state index in [1.165, 1.54) is 4.90 Å². The molecule has 0 bridgehead atoms. The van der Waals surface area contributed by atoms with Gasteiger partial charge in [0.2, 0.25) is 11.8 Å². The average Bonchev–Trinajstić information content (AvgIpc) is 2.55. The van der Waals surface area contributed by atoms with Crippen molar-refractivity contribution in [1.82, 2.24) is 10.2 Å². The van der Waals surface area contributed by atoms with Crippen molar-refractivity contribution in [2.45, 2.75) is 12.8 Å². The Hall–Kier alpha value is -0.900. The second-order valence-corrected chi connectivity index (χ2v) is 4.55. The van der Waals surface area contributed by atoms with E-state index in [1.54, 1.807) is 0 Å². The maximum absolute atomic E-state index is 11.4. The summed E-state index contributed by atoms with van der Waals surface area (Å²) in [5.41, 5.74) is 0. The van der Waals surface area contributed by atoms with Crippen LogP contribution in [0, 0.1) is 17.8 Å². The lowest BCUT2D eigenvalue weighted by Gasteiger charge is -2.14. The predicted molar refractivity (Wildman–Crippen MR) is 49.3 cm³/mol. The number of rotatable bonds is 2. The Balaban J connectivity index is 1.62. The molecule has 3 rings (SSSR count). The minimum absolute atomic E-state index is 0.0351. The SMILES string of the molecule is O=C1CCC(=O)N1CC1C2CNCC21. The normalized spacial score (nSPS) is 40.6. The Morgan fingerprint density at radius 2 is 1.71 bits per heavy atom. The summed E-state index contributed by atoms with van der Waals surface area (Å²) in [5, 5.41) is 3.31. The fourth-order valence-electron chi connectivity index (χ4n) is 2.85. The molecule has 3 aliphatic rings. The van der Waals surface area contributed by atoms with E-state index in [0.717, 1.165) is 24.9 Å². The van der Waals surface area contributed by atoms with Crippen molar-refractivity contribution in [2.75, 3.05) is 19.6 Å². The molecule has 4 heteroatoms. The first-order valence-electron chi connectivity index (χ1n) is 5.31. The second kappa shape index (κ2) is 2.79. The number of fused-ring (bicyclic) bond motifs is 1. The topological polar surface area (TPSA) is 49.4 Å². The lowest BCUT2D eigenvalue weighted by molar-refractivity contribution is -0.138. The highest BCUT2D eigenvalue weighted by Crippen LogP contribution is 2.49. The number of hydrogen-bond donors (Lipinski definition) is 1. The Labute approximate surface area is 82.6 Å². The van der Waals surface area contributed by atoms with E-state index < -0.39 is 0 Å². The molecule has 0 radical (unpaired) electrons. The smallest absolute Gasteiger partial charge is 0.229 e. The van der Waals surface area contributed by atoms with Gasteiger partial charge < -0.3 is 5.32 Å². The molecule has 2 aliphatic heterocycles. The molecule has 1 aliphatic carbocycles. The highest BCUT2D eigenvalue weighted by Gasteiger charge is 2.54. The summed E-state index contributed by atoms with van der Waals surface area (Å²) in [6, 6.07) is 0. The Bertz CT molecular complexity index is 276. The Kier molecular flexibility index (Phi) is 1.68. The van der Waals surface area contributed by atoms with Crippen LogP contribution in [0.3, 0.4) is 0 Å². The Morgan fingerprint density at radius 3 is 2.29 bits per heavy atom. The molecular formula is C10H14N2O2. The van der Waals surface area contributed by atoms with Gasteiger partial charge in [-0.05, 0) is 30.8 Å². The number of nitrogens with one attached hydrogen (secondary N) is 1. The minimum atomic E-state index is 0.0351. The van der Waals surface area contributed by atoms with Gasteiger partial charge in [-0.2, -0.15) is 0 Å². The monoisotopic (exact) mass is 194 g/mol. The number of imide groups is 1. The van der Waals surface area contributed by atoms with Gasteiger partial charge in [-0.1, -0.05) is 0 Å². The van der Waals surface area contributed by atoms with Gasteiger partial charge in [0.1, 0.15) is 0 Å². The zero-order valence-corrected chi connectivity index (χ0v) is 8.03. The van der Waals surface area contributed by atoms with Gasteiger partial charge in [0, 0.05) is 19.4 Å². The first-order chi connectivity index (χ1) is 6.77. The number of hydrogen-bond acceptors (Lipinski definition) is 3. The van der Waals surface area contributed by atoms with Gasteiger partial charge >= 0.3 is 0 Å². The number of carbonyl (C=O) groups is 2. The van der Waals surface area contributed by atoms with Crippen LogP contribution < -0.4 is 5.32 Å². The van der Waals surface area contributed by atoms with Crippen LogP contribution in [0.15, 0.2) is 0 Å². The van der Waals surface area contributed by atoms with Gasteiger partial charge in [-0.25, -0.2) is 0 Å². The summed E-state index contributed by atoms with van der Waals surface area (Å²) >= 11 is 0. The van der Waals surface area contributed by atoms with Crippen LogP contribution in [-0.2, 0) is 9.59 Å². The molecule has 1 saturated carbocycles. The summed E-state index contributed by atoms with van der Waals surface area (Å²) in [6.07, 6.45) is 0.859. The number of amides is 2. The van der Waals surface area contributed by atoms with Gasteiger partial charge in [0.25, 0.3) is 0 Å². The maximum atomic E-state index is 11.4. The van der Waals surface area contributed by atoms with Gasteiger partial charge in [0.15, 0.2) is 0 Å². The van der Waals surface area contributed by atoms with Crippen LogP contribution in [0.4, 0.5) is 0 Å². The molecule has 4 nitrogen and oxygen atoms in total. The zero-order chi connectivity index (χ0) is 9.71. The summed E-state index contributed by atoms with van der Waals surface area (Å²) < 4.78 is 0. The van der Waals surface area contributed by atoms with Gasteiger partial charge in [0.05, 0.1) is 0 Å². The summed E-state index contributed by atoms with van der Waals surface area (Å²) in [7, 11) is 0. The van der Waals surface area contributed by atoms with Crippen LogP contribution in [-0.4, -0.2) is 36.3 Å². The van der Waals surface area contributed by atoms with Crippen molar-refractivity contribution in [1.29, 1.82) is 0 Å². The molecule has 2 saturated heterocycles. The lowest BCUT2D eigenvalue weighted by atomic mass is 10.2. The fraction of sp³-hybridized carbons (Fsp3) is 0.800. The quantitative estimate of drug-likeness (QED) is 0.609. The first kappa shape index (κ1) is 8.41. The average molecular weight is 194 g/mol. The molecule has 2 amide bonds. The lowest BCUT2D eigenvalue weighted by Crippen LogP contribution is -2.33. The summed E-state index contributed by atoms with van der Waals surface area (Å²) in [6.45, 7) is 2.84. The third kappa shape index (κ3) is 1.10. The summed E-state index contributed by atoms with van der Waals surface area (Å²) in [5.74, 6) is 2.13. The highest BCUT2D eigenvalue weighted by molar-refractivity contribution is 6.01. The third-order valence-corrected chi connectivity index (χ3v) is 3.82. The molecular weight excluding hydrogens is 180 g/mol. The fourth-order valence-corrected chi connectivity index (χ4v) is 2.85. The molecule has 76 valence electrons. The van der Waals surface area contributed by atoms with Gasteiger partial charge in [-0.15, -0.1) is 0 Å². The predicted octanol–water partition coefficient (Wildman–Crippen LogP) is -0.399. The van der Waals surface area contributed by atoms with Crippen LogP contribution >= 0.6 is 0 Å². The van der Waals surface area contributed by atoms with Crippen LogP contribution in [0.5, 0.6) is 0 Å². The molecule has 0 spiro atoms. The van der Waals surface area contributed by atoms with E-state index in [4.69, 9.17) is 0 Å². The number of carbonyl (C=O) groups excluding carboxylic acids is 2. The highest BCUT2D eigenvalue weighted by atomic mass is 16.2. The molecule has 14 heavy (non-hydrogen) atoms. The Morgan fingerprint density at radius 1 is 1.14 bits per heavy atom. The first-order valence-corrected chi connectivity index (χ1v) is 5.31. The molecule has 2 atom stereocenters. The molecule has 0 aromatic carbocycles. The zero-order valence-electron chi connectivity index (χ0n) is 8.03. The van der Waals surface area contributed by atoms with Crippen molar-refractivity contribution in [2.24, 2.45) is 17.8 Å². The van der Waals surface area contributed by atoms with Crippen LogP contribution in [0.2, 0.25) is 0 Å². The second-order valence-electron chi connectivity index (χ2n) is 4.55. The standard InChI is InChI=1S/C10H14N2O2/c13-9-1-2-10(14)12(9)5-8-6-3-11-4-7(6)8/h6-8,11H,1-5H2. The number of likely N-dealkylation sites (tertiary alicyclic amines) is 1. The summed E-state index contributed by atoms with van der Waals surface area (Å²) in [4.78, 5) is 24.2. The van der Waals surface area contributed by atoms with Crippen molar-refractivity contribution in [3.63, 3.8) is 0 Å². The number of piperidine rings is 1. The molecule has 0 aromatic heterocycles. The molecule has 1 N–H and O–H groups in total.